The van der Waals surface area contributed by atoms with Crippen LogP contribution in [-0.4, -0.2) is 37.0 Å². The zero-order valence-corrected chi connectivity index (χ0v) is 15.7. The van der Waals surface area contributed by atoms with E-state index >= 15 is 0 Å². The molecule has 3 rings (SSSR count). The fraction of sp³-hybridized carbons (Fsp3) is 0.476. The first-order valence-corrected chi connectivity index (χ1v) is 9.49. The van der Waals surface area contributed by atoms with Crippen LogP contribution in [0.25, 0.3) is 0 Å². The van der Waals surface area contributed by atoms with Crippen LogP contribution in [0.15, 0.2) is 40.8 Å². The van der Waals surface area contributed by atoms with Crippen LogP contribution in [0.3, 0.4) is 0 Å². The summed E-state index contributed by atoms with van der Waals surface area (Å²) in [5, 5.41) is 3.07. The van der Waals surface area contributed by atoms with Crippen LogP contribution in [0.2, 0.25) is 0 Å². The lowest BCUT2D eigenvalue weighted by atomic mass is 10.1. The number of aryl methyl sites for hydroxylation is 1. The topological polar surface area (TPSA) is 54.7 Å². The summed E-state index contributed by atoms with van der Waals surface area (Å²) >= 11 is 0. The van der Waals surface area contributed by atoms with Gasteiger partial charge in [-0.25, -0.2) is 0 Å². The number of nitrogens with zero attached hydrogens (tertiary/aromatic N) is 1. The van der Waals surface area contributed by atoms with Gasteiger partial charge in [0.05, 0.1) is 12.6 Å². The van der Waals surface area contributed by atoms with Crippen molar-refractivity contribution in [3.8, 4) is 5.75 Å². The van der Waals surface area contributed by atoms with Gasteiger partial charge in [-0.05, 0) is 76.2 Å². The molecule has 0 bridgehead atoms. The third kappa shape index (κ3) is 4.67. The quantitative estimate of drug-likeness (QED) is 0.816. The van der Waals surface area contributed by atoms with Crippen LogP contribution in [0.1, 0.15) is 54.1 Å². The largest absolute Gasteiger partial charge is 0.494 e. The van der Waals surface area contributed by atoms with Crippen molar-refractivity contribution in [1.29, 1.82) is 0 Å². The molecule has 26 heavy (non-hydrogen) atoms. The lowest BCUT2D eigenvalue weighted by Gasteiger charge is -2.33. The molecule has 140 valence electrons. The van der Waals surface area contributed by atoms with E-state index in [2.05, 4.69) is 10.2 Å². The second-order valence-electron chi connectivity index (χ2n) is 6.73. The van der Waals surface area contributed by atoms with E-state index in [0.717, 1.165) is 30.4 Å². The van der Waals surface area contributed by atoms with Crippen LogP contribution in [-0.2, 0) is 0 Å². The number of nitrogens with one attached hydrogen (secondary N) is 1. The number of amides is 1. The second-order valence-corrected chi connectivity index (χ2v) is 6.73. The molecule has 1 atom stereocenters. The minimum atomic E-state index is -0.0710. The summed E-state index contributed by atoms with van der Waals surface area (Å²) in [6, 6.07) is 11.3. The Kier molecular flexibility index (Phi) is 6.34. The zero-order chi connectivity index (χ0) is 18.4. The lowest BCUT2D eigenvalue weighted by Crippen LogP contribution is -2.40. The van der Waals surface area contributed by atoms with Crippen molar-refractivity contribution in [2.75, 3.05) is 26.2 Å². The SMILES string of the molecule is CCOc1ccc(C(=O)NC[C@@H](c2ccc(C)o2)N2CCCCC2)cc1. The second kappa shape index (κ2) is 8.90. The van der Waals surface area contributed by atoms with Gasteiger partial charge in [0, 0.05) is 12.1 Å². The average Bonchev–Trinajstić information content (AvgIpc) is 3.09. The fourth-order valence-electron chi connectivity index (χ4n) is 3.43. The molecule has 0 aliphatic carbocycles. The highest BCUT2D eigenvalue weighted by Gasteiger charge is 2.25. The minimum absolute atomic E-state index is 0.0710. The molecule has 1 fully saturated rings. The summed E-state index contributed by atoms with van der Waals surface area (Å²) in [7, 11) is 0. The number of carbonyl (C=O) groups excluding carboxylic acids is 1. The molecule has 0 saturated carbocycles. The van der Waals surface area contributed by atoms with Crippen molar-refractivity contribution in [1.82, 2.24) is 10.2 Å². The van der Waals surface area contributed by atoms with Gasteiger partial charge in [-0.3, -0.25) is 9.69 Å². The number of benzene rings is 1. The predicted molar refractivity (Wildman–Crippen MR) is 102 cm³/mol. The first kappa shape index (κ1) is 18.5. The van der Waals surface area contributed by atoms with Crippen LogP contribution in [0.5, 0.6) is 5.75 Å². The highest BCUT2D eigenvalue weighted by Crippen LogP contribution is 2.26. The zero-order valence-electron chi connectivity index (χ0n) is 15.7. The van der Waals surface area contributed by atoms with Gasteiger partial charge in [0.2, 0.25) is 0 Å². The smallest absolute Gasteiger partial charge is 0.251 e. The van der Waals surface area contributed by atoms with Crippen LogP contribution in [0.4, 0.5) is 0 Å². The van der Waals surface area contributed by atoms with Crippen LogP contribution in [0, 0.1) is 6.92 Å². The van der Waals surface area contributed by atoms with Crippen molar-refractivity contribution >= 4 is 5.91 Å². The number of carbonyl (C=O) groups is 1. The Labute approximate surface area is 155 Å². The summed E-state index contributed by atoms with van der Waals surface area (Å²) in [4.78, 5) is 15.0. The van der Waals surface area contributed by atoms with E-state index in [9.17, 15) is 4.79 Å². The molecule has 0 radical (unpaired) electrons. The van der Waals surface area contributed by atoms with E-state index < -0.39 is 0 Å². The Morgan fingerprint density at radius 3 is 2.50 bits per heavy atom. The van der Waals surface area contributed by atoms with Gasteiger partial charge < -0.3 is 14.5 Å². The third-order valence-corrected chi connectivity index (χ3v) is 4.80. The molecular weight excluding hydrogens is 328 g/mol. The number of hydrogen-bond acceptors (Lipinski definition) is 4. The molecular formula is C21H28N2O3. The molecule has 1 saturated heterocycles. The average molecular weight is 356 g/mol. The van der Waals surface area contributed by atoms with E-state index in [0.29, 0.717) is 18.7 Å². The summed E-state index contributed by atoms with van der Waals surface area (Å²) in [6.07, 6.45) is 3.67. The molecule has 2 heterocycles. The molecule has 2 aromatic rings. The van der Waals surface area contributed by atoms with Crippen molar-refractivity contribution in [3.05, 3.63) is 53.5 Å². The summed E-state index contributed by atoms with van der Waals surface area (Å²) in [5.74, 6) is 2.54. The molecule has 5 nitrogen and oxygen atoms in total. The van der Waals surface area contributed by atoms with Gasteiger partial charge >= 0.3 is 0 Å². The molecule has 0 spiro atoms. The third-order valence-electron chi connectivity index (χ3n) is 4.80. The lowest BCUT2D eigenvalue weighted by molar-refractivity contribution is 0.0913. The molecule has 5 heteroatoms. The number of rotatable bonds is 7. The Bertz CT molecular complexity index is 702. The highest BCUT2D eigenvalue weighted by molar-refractivity contribution is 5.94. The maximum Gasteiger partial charge on any atom is 0.251 e. The van der Waals surface area contributed by atoms with Gasteiger partial charge in [0.25, 0.3) is 5.91 Å². The normalized spacial score (nSPS) is 16.2. The van der Waals surface area contributed by atoms with E-state index in [1.807, 2.05) is 38.1 Å². The molecule has 1 aromatic carbocycles. The Hall–Kier alpha value is -2.27. The number of piperidine rings is 1. The Morgan fingerprint density at radius 1 is 1.15 bits per heavy atom. The number of hydrogen-bond donors (Lipinski definition) is 1. The van der Waals surface area contributed by atoms with Crippen molar-refractivity contribution < 1.29 is 13.9 Å². The molecule has 0 unspecified atom stereocenters. The van der Waals surface area contributed by atoms with E-state index in [-0.39, 0.29) is 11.9 Å². The summed E-state index contributed by atoms with van der Waals surface area (Å²) < 4.78 is 11.3. The van der Waals surface area contributed by atoms with Gasteiger partial charge in [-0.2, -0.15) is 0 Å². The van der Waals surface area contributed by atoms with E-state index in [1.54, 1.807) is 12.1 Å². The van der Waals surface area contributed by atoms with Gasteiger partial charge in [0.1, 0.15) is 17.3 Å². The first-order valence-electron chi connectivity index (χ1n) is 9.49. The molecule has 1 aromatic heterocycles. The maximum atomic E-state index is 12.5. The maximum absolute atomic E-state index is 12.5. The molecule has 1 aliphatic heterocycles. The molecule has 1 amide bonds. The first-order chi connectivity index (χ1) is 12.7. The Morgan fingerprint density at radius 2 is 1.88 bits per heavy atom. The van der Waals surface area contributed by atoms with Crippen LogP contribution < -0.4 is 10.1 Å². The minimum Gasteiger partial charge on any atom is -0.494 e. The van der Waals surface area contributed by atoms with Gasteiger partial charge in [-0.15, -0.1) is 0 Å². The van der Waals surface area contributed by atoms with Crippen molar-refractivity contribution in [2.24, 2.45) is 0 Å². The number of ether oxygens (including phenoxy) is 1. The van der Waals surface area contributed by atoms with Crippen molar-refractivity contribution in [2.45, 2.75) is 39.2 Å². The number of furan rings is 1. The summed E-state index contributed by atoms with van der Waals surface area (Å²) in [6.45, 7) is 7.14. The van der Waals surface area contributed by atoms with Gasteiger partial charge in [-0.1, -0.05) is 6.42 Å². The van der Waals surface area contributed by atoms with Crippen LogP contribution >= 0.6 is 0 Å². The van der Waals surface area contributed by atoms with E-state index in [4.69, 9.17) is 9.15 Å². The predicted octanol–water partition coefficient (Wildman–Crippen LogP) is 3.94. The standard InChI is InChI=1S/C21H28N2O3/c1-3-25-18-10-8-17(9-11-18)21(24)22-15-19(20-12-7-16(2)26-20)23-13-5-4-6-14-23/h7-12,19H,3-6,13-15H2,1-2H3,(H,22,24)/t19-/m0/s1. The summed E-state index contributed by atoms with van der Waals surface area (Å²) in [5.41, 5.74) is 0.640. The van der Waals surface area contributed by atoms with E-state index in [1.165, 1.54) is 19.3 Å². The molecule has 1 aliphatic rings. The fourth-order valence-corrected chi connectivity index (χ4v) is 3.43. The monoisotopic (exact) mass is 356 g/mol. The highest BCUT2D eigenvalue weighted by atomic mass is 16.5. The van der Waals surface area contributed by atoms with Crippen molar-refractivity contribution in [3.63, 3.8) is 0 Å². The van der Waals surface area contributed by atoms with Gasteiger partial charge in [0.15, 0.2) is 0 Å². The molecule has 1 N–H and O–H groups in total. The number of likely N-dealkylation sites (tertiary alicyclic amines) is 1. The Balaban J connectivity index is 1.65.